The molecule has 184 valence electrons. The summed E-state index contributed by atoms with van der Waals surface area (Å²) < 4.78 is 11.3. The van der Waals surface area contributed by atoms with Crippen molar-refractivity contribution in [3.8, 4) is 0 Å². The van der Waals surface area contributed by atoms with Gasteiger partial charge in [-0.1, -0.05) is 11.6 Å². The van der Waals surface area contributed by atoms with Crippen molar-refractivity contribution < 1.29 is 19.1 Å². The molecule has 0 amide bonds. The van der Waals surface area contributed by atoms with Gasteiger partial charge in [0.25, 0.3) is 0 Å². The van der Waals surface area contributed by atoms with Crippen LogP contribution in [-0.2, 0) is 19.1 Å². The van der Waals surface area contributed by atoms with Gasteiger partial charge >= 0.3 is 11.9 Å². The molecular formula is C21H34ClN7O4. The lowest BCUT2D eigenvalue weighted by molar-refractivity contribution is -0.157. The van der Waals surface area contributed by atoms with E-state index in [1.807, 2.05) is 51.3 Å². The number of carbonyl (C=O) groups is 2. The summed E-state index contributed by atoms with van der Waals surface area (Å²) >= 11 is 6.53. The van der Waals surface area contributed by atoms with Crippen LogP contribution in [0.5, 0.6) is 0 Å². The molecule has 0 aromatic carbocycles. The Labute approximate surface area is 199 Å². The van der Waals surface area contributed by atoms with Gasteiger partial charge in [-0.2, -0.15) is 0 Å². The van der Waals surface area contributed by atoms with E-state index in [1.165, 1.54) is 0 Å². The lowest BCUT2D eigenvalue weighted by Gasteiger charge is -2.41. The van der Waals surface area contributed by atoms with Gasteiger partial charge in [-0.15, -0.1) is 10.2 Å². The number of hydrogen-bond donors (Lipinski definition) is 2. The smallest absolute Gasteiger partial charge is 0.330 e. The highest BCUT2D eigenvalue weighted by Crippen LogP contribution is 2.36. The SMILES string of the molecule is CC(C)(C)OC(=O)C1CNCCN1c1nnnc(Cl)c1N1CCNCC1C(=O)OC(C)(C)C. The summed E-state index contributed by atoms with van der Waals surface area (Å²) in [7, 11) is 0. The van der Waals surface area contributed by atoms with Crippen LogP contribution in [-0.4, -0.2) is 89.9 Å². The van der Waals surface area contributed by atoms with Crippen molar-refractivity contribution in [2.24, 2.45) is 0 Å². The predicted octanol–water partition coefficient (Wildman–Crippen LogP) is 0.765. The minimum absolute atomic E-state index is 0.108. The Morgan fingerprint density at radius 2 is 1.36 bits per heavy atom. The van der Waals surface area contributed by atoms with Crippen LogP contribution in [0.25, 0.3) is 0 Å². The maximum absolute atomic E-state index is 13.0. The molecule has 3 rings (SSSR count). The molecule has 2 aliphatic heterocycles. The van der Waals surface area contributed by atoms with Crippen LogP contribution in [0.3, 0.4) is 0 Å². The average Bonchev–Trinajstić information content (AvgIpc) is 2.71. The number of halogens is 1. The normalized spacial score (nSPS) is 22.2. The largest absolute Gasteiger partial charge is 0.458 e. The zero-order valence-electron chi connectivity index (χ0n) is 20.1. The van der Waals surface area contributed by atoms with Crippen LogP contribution in [0.2, 0.25) is 5.15 Å². The Kier molecular flexibility index (Phi) is 7.65. The molecular weight excluding hydrogens is 450 g/mol. The molecule has 2 atom stereocenters. The number of esters is 2. The van der Waals surface area contributed by atoms with Gasteiger partial charge in [0.2, 0.25) is 0 Å². The standard InChI is InChI=1S/C21H34ClN7O4/c1-20(2,3)32-18(30)13-11-23-7-9-28(13)15-16(22)25-27-26-17(15)29-10-8-24-12-14(29)19(31)33-21(4,5)6/h13-14,23-24H,7-12H2,1-6H3. The van der Waals surface area contributed by atoms with E-state index in [4.69, 9.17) is 21.1 Å². The van der Waals surface area contributed by atoms with Gasteiger partial charge in [0.15, 0.2) is 11.0 Å². The molecule has 3 heterocycles. The molecule has 1 aromatic rings. The molecule has 12 heteroatoms. The number of ether oxygens (including phenoxy) is 2. The quantitative estimate of drug-likeness (QED) is 0.590. The Bertz CT molecular complexity index is 871. The Balaban J connectivity index is 1.98. The van der Waals surface area contributed by atoms with Crippen molar-refractivity contribution in [3.63, 3.8) is 0 Å². The van der Waals surface area contributed by atoms with E-state index in [2.05, 4.69) is 26.0 Å². The van der Waals surface area contributed by atoms with Gasteiger partial charge in [-0.05, 0) is 46.8 Å². The lowest BCUT2D eigenvalue weighted by atomic mass is 10.1. The zero-order chi connectivity index (χ0) is 24.4. The molecule has 2 unspecified atom stereocenters. The highest BCUT2D eigenvalue weighted by Gasteiger charge is 2.40. The first kappa shape index (κ1) is 25.4. The summed E-state index contributed by atoms with van der Waals surface area (Å²) in [5, 5.41) is 18.6. The third-order valence-corrected chi connectivity index (χ3v) is 5.34. The summed E-state index contributed by atoms with van der Waals surface area (Å²) in [6, 6.07) is -1.27. The van der Waals surface area contributed by atoms with Crippen LogP contribution < -0.4 is 20.4 Å². The Hall–Kier alpha value is -2.24. The fourth-order valence-electron chi connectivity index (χ4n) is 3.82. The van der Waals surface area contributed by atoms with Crippen LogP contribution in [0.15, 0.2) is 0 Å². The Morgan fingerprint density at radius 3 is 1.88 bits per heavy atom. The molecule has 2 aliphatic rings. The van der Waals surface area contributed by atoms with Crippen molar-refractivity contribution in [1.29, 1.82) is 0 Å². The number of rotatable bonds is 4. The molecule has 0 saturated carbocycles. The van der Waals surface area contributed by atoms with Crippen LogP contribution >= 0.6 is 11.6 Å². The number of anilines is 2. The summed E-state index contributed by atoms with van der Waals surface area (Å²) in [6.07, 6.45) is 0. The molecule has 33 heavy (non-hydrogen) atoms. The first-order valence-corrected chi connectivity index (χ1v) is 11.5. The number of piperazine rings is 2. The van der Waals surface area contributed by atoms with Crippen molar-refractivity contribution in [1.82, 2.24) is 26.0 Å². The number of aromatic nitrogens is 3. The fourth-order valence-corrected chi connectivity index (χ4v) is 4.05. The van der Waals surface area contributed by atoms with E-state index in [1.54, 1.807) is 0 Å². The van der Waals surface area contributed by atoms with E-state index in [0.717, 1.165) is 0 Å². The van der Waals surface area contributed by atoms with Gasteiger partial charge < -0.3 is 29.9 Å². The third kappa shape index (κ3) is 6.42. The first-order valence-electron chi connectivity index (χ1n) is 11.2. The summed E-state index contributed by atoms with van der Waals surface area (Å²) in [5.41, 5.74) is -0.813. The maximum atomic E-state index is 13.0. The topological polar surface area (TPSA) is 122 Å². The number of hydrogen-bond acceptors (Lipinski definition) is 11. The van der Waals surface area contributed by atoms with Gasteiger partial charge in [-0.3, -0.25) is 0 Å². The monoisotopic (exact) mass is 483 g/mol. The molecule has 2 saturated heterocycles. The lowest BCUT2D eigenvalue weighted by Crippen LogP contribution is -2.59. The number of carbonyl (C=O) groups excluding carboxylic acids is 2. The van der Waals surface area contributed by atoms with E-state index in [9.17, 15) is 9.59 Å². The van der Waals surface area contributed by atoms with Crippen LogP contribution in [0.4, 0.5) is 11.5 Å². The summed E-state index contributed by atoms with van der Waals surface area (Å²) in [5.74, 6) is -0.361. The van der Waals surface area contributed by atoms with Crippen molar-refractivity contribution in [3.05, 3.63) is 5.15 Å². The third-order valence-electron chi connectivity index (χ3n) is 5.08. The van der Waals surface area contributed by atoms with Crippen molar-refractivity contribution >= 4 is 35.0 Å². The van der Waals surface area contributed by atoms with Gasteiger partial charge in [0, 0.05) is 39.3 Å². The van der Waals surface area contributed by atoms with E-state index < -0.39 is 23.3 Å². The van der Waals surface area contributed by atoms with Gasteiger partial charge in [0.05, 0.1) is 0 Å². The maximum Gasteiger partial charge on any atom is 0.330 e. The predicted molar refractivity (Wildman–Crippen MR) is 125 cm³/mol. The minimum atomic E-state index is -0.637. The first-order chi connectivity index (χ1) is 15.4. The molecule has 0 aliphatic carbocycles. The second-order valence-corrected chi connectivity index (χ2v) is 10.5. The molecule has 11 nitrogen and oxygen atoms in total. The summed E-state index contributed by atoms with van der Waals surface area (Å²) in [6.45, 7) is 13.9. The van der Waals surface area contributed by atoms with Gasteiger partial charge in [-0.25, -0.2) is 9.59 Å². The second kappa shape index (κ2) is 9.94. The zero-order valence-corrected chi connectivity index (χ0v) is 20.9. The molecule has 1 aromatic heterocycles. The molecule has 0 radical (unpaired) electrons. The number of nitrogens with zero attached hydrogens (tertiary/aromatic N) is 5. The molecule has 2 fully saturated rings. The average molecular weight is 484 g/mol. The van der Waals surface area contributed by atoms with Crippen LogP contribution in [0.1, 0.15) is 41.5 Å². The van der Waals surface area contributed by atoms with Gasteiger partial charge in [0.1, 0.15) is 29.0 Å². The van der Waals surface area contributed by atoms with Crippen molar-refractivity contribution in [2.45, 2.75) is 64.8 Å². The van der Waals surface area contributed by atoms with E-state index >= 15 is 0 Å². The Morgan fingerprint density at radius 1 is 0.879 bits per heavy atom. The van der Waals surface area contributed by atoms with E-state index in [0.29, 0.717) is 50.8 Å². The number of nitrogens with one attached hydrogen (secondary N) is 2. The molecule has 0 bridgehead atoms. The van der Waals surface area contributed by atoms with E-state index in [-0.39, 0.29) is 17.1 Å². The van der Waals surface area contributed by atoms with Crippen LogP contribution in [0, 0.1) is 0 Å². The minimum Gasteiger partial charge on any atom is -0.458 e. The molecule has 0 spiro atoms. The highest BCUT2D eigenvalue weighted by atomic mass is 35.5. The molecule has 2 N–H and O–H groups in total. The van der Waals surface area contributed by atoms with Crippen molar-refractivity contribution in [2.75, 3.05) is 49.1 Å². The fraction of sp³-hybridized carbons (Fsp3) is 0.762. The summed E-state index contributed by atoms with van der Waals surface area (Å²) in [4.78, 5) is 29.7. The second-order valence-electron chi connectivity index (χ2n) is 10.1. The highest BCUT2D eigenvalue weighted by molar-refractivity contribution is 6.32.